The summed E-state index contributed by atoms with van der Waals surface area (Å²) in [6, 6.07) is 0. The van der Waals surface area contributed by atoms with Crippen molar-refractivity contribution < 1.29 is 9.90 Å². The molecule has 1 aliphatic carbocycles. The van der Waals surface area contributed by atoms with Crippen LogP contribution in [0.2, 0.25) is 0 Å². The number of carboxylic acids is 1. The maximum Gasteiger partial charge on any atom is 0.306 e. The van der Waals surface area contributed by atoms with E-state index in [1.54, 1.807) is 12.4 Å². The molecule has 1 aliphatic rings. The van der Waals surface area contributed by atoms with Gasteiger partial charge in [0.1, 0.15) is 6.33 Å². The zero-order valence-corrected chi connectivity index (χ0v) is 7.05. The summed E-state index contributed by atoms with van der Waals surface area (Å²) in [5.74, 6) is -0.523. The van der Waals surface area contributed by atoms with Gasteiger partial charge in [0.2, 0.25) is 0 Å². The second-order valence-electron chi connectivity index (χ2n) is 3.39. The number of hydrogen-bond acceptors (Lipinski definition) is 3. The highest BCUT2D eigenvalue weighted by Crippen LogP contribution is 2.40. The molecule has 0 bridgehead atoms. The molecule has 1 fully saturated rings. The third-order valence-corrected chi connectivity index (χ3v) is 2.35. The molecule has 1 heterocycles. The fourth-order valence-corrected chi connectivity index (χ4v) is 1.51. The van der Waals surface area contributed by atoms with Gasteiger partial charge in [0.05, 0.1) is 5.92 Å². The van der Waals surface area contributed by atoms with Gasteiger partial charge in [0.15, 0.2) is 0 Å². The van der Waals surface area contributed by atoms with Gasteiger partial charge in [0, 0.05) is 12.4 Å². The Morgan fingerprint density at radius 1 is 1.54 bits per heavy atom. The first-order valence-electron chi connectivity index (χ1n) is 4.24. The Balaban J connectivity index is 1.92. The monoisotopic (exact) mass is 178 g/mol. The van der Waals surface area contributed by atoms with Crippen LogP contribution < -0.4 is 0 Å². The lowest BCUT2D eigenvalue weighted by Crippen LogP contribution is -2.01. The van der Waals surface area contributed by atoms with Crippen LogP contribution in [-0.4, -0.2) is 21.0 Å². The Morgan fingerprint density at radius 3 is 2.77 bits per heavy atom. The lowest BCUT2D eigenvalue weighted by Gasteiger charge is -1.96. The van der Waals surface area contributed by atoms with Crippen molar-refractivity contribution in [3.63, 3.8) is 0 Å². The average Bonchev–Trinajstić information content (AvgIpc) is 2.86. The minimum atomic E-state index is -0.679. The SMILES string of the molecule is O=C(O)[C@H]1C[C@@H]1Cc1cncnc1. The van der Waals surface area contributed by atoms with Crippen LogP contribution >= 0.6 is 0 Å². The van der Waals surface area contributed by atoms with Crippen molar-refractivity contribution in [1.82, 2.24) is 9.97 Å². The molecule has 0 aliphatic heterocycles. The summed E-state index contributed by atoms with van der Waals surface area (Å²) in [4.78, 5) is 18.3. The van der Waals surface area contributed by atoms with E-state index >= 15 is 0 Å². The summed E-state index contributed by atoms with van der Waals surface area (Å²) < 4.78 is 0. The van der Waals surface area contributed by atoms with Crippen molar-refractivity contribution in [3.05, 3.63) is 24.3 Å². The molecule has 0 amide bonds. The molecule has 13 heavy (non-hydrogen) atoms. The van der Waals surface area contributed by atoms with Crippen LogP contribution in [0.25, 0.3) is 0 Å². The number of nitrogens with zero attached hydrogens (tertiary/aromatic N) is 2. The number of hydrogen-bond donors (Lipinski definition) is 1. The lowest BCUT2D eigenvalue weighted by molar-refractivity contribution is -0.138. The fourth-order valence-electron chi connectivity index (χ4n) is 1.51. The van der Waals surface area contributed by atoms with Gasteiger partial charge >= 0.3 is 5.97 Å². The topological polar surface area (TPSA) is 63.1 Å². The van der Waals surface area contributed by atoms with Crippen LogP contribution in [0.4, 0.5) is 0 Å². The van der Waals surface area contributed by atoms with E-state index < -0.39 is 5.97 Å². The van der Waals surface area contributed by atoms with Crippen LogP contribution in [0.15, 0.2) is 18.7 Å². The van der Waals surface area contributed by atoms with E-state index in [9.17, 15) is 4.79 Å². The molecule has 1 aromatic heterocycles. The van der Waals surface area contributed by atoms with Gasteiger partial charge in [-0.2, -0.15) is 0 Å². The van der Waals surface area contributed by atoms with E-state index in [1.807, 2.05) is 0 Å². The summed E-state index contributed by atoms with van der Waals surface area (Å²) in [6.45, 7) is 0. The number of carbonyl (C=O) groups is 1. The van der Waals surface area contributed by atoms with Gasteiger partial charge in [-0.05, 0) is 24.3 Å². The lowest BCUT2D eigenvalue weighted by atomic mass is 10.1. The molecule has 4 heteroatoms. The second kappa shape index (κ2) is 3.12. The quantitative estimate of drug-likeness (QED) is 0.741. The molecule has 0 saturated heterocycles. The Hall–Kier alpha value is -1.45. The highest BCUT2D eigenvalue weighted by atomic mass is 16.4. The van der Waals surface area contributed by atoms with Crippen molar-refractivity contribution >= 4 is 5.97 Å². The van der Waals surface area contributed by atoms with Crippen LogP contribution in [-0.2, 0) is 11.2 Å². The first-order chi connectivity index (χ1) is 6.27. The maximum absolute atomic E-state index is 10.5. The van der Waals surface area contributed by atoms with E-state index in [1.165, 1.54) is 6.33 Å². The first kappa shape index (κ1) is 8.16. The zero-order valence-electron chi connectivity index (χ0n) is 7.05. The molecule has 0 spiro atoms. The molecule has 1 N–H and O–H groups in total. The molecular weight excluding hydrogens is 168 g/mol. The third-order valence-electron chi connectivity index (χ3n) is 2.35. The molecule has 0 radical (unpaired) electrons. The van der Waals surface area contributed by atoms with Gasteiger partial charge in [-0.15, -0.1) is 0 Å². The van der Waals surface area contributed by atoms with Crippen molar-refractivity contribution in [2.45, 2.75) is 12.8 Å². The highest BCUT2D eigenvalue weighted by molar-refractivity contribution is 5.73. The van der Waals surface area contributed by atoms with E-state index in [-0.39, 0.29) is 5.92 Å². The van der Waals surface area contributed by atoms with Crippen LogP contribution in [0.3, 0.4) is 0 Å². The van der Waals surface area contributed by atoms with Crippen molar-refractivity contribution in [2.75, 3.05) is 0 Å². The van der Waals surface area contributed by atoms with Gasteiger partial charge in [0.25, 0.3) is 0 Å². The minimum Gasteiger partial charge on any atom is -0.481 e. The summed E-state index contributed by atoms with van der Waals surface area (Å²) >= 11 is 0. The van der Waals surface area contributed by atoms with E-state index in [0.29, 0.717) is 5.92 Å². The Kier molecular flexibility index (Phi) is 1.96. The Labute approximate surface area is 75.6 Å². The van der Waals surface area contributed by atoms with Crippen LogP contribution in [0, 0.1) is 11.8 Å². The molecule has 1 aromatic rings. The Morgan fingerprint density at radius 2 is 2.23 bits per heavy atom. The third kappa shape index (κ3) is 1.83. The van der Waals surface area contributed by atoms with Crippen molar-refractivity contribution in [2.24, 2.45) is 11.8 Å². The molecular formula is C9H10N2O2. The molecule has 2 atom stereocenters. The van der Waals surface area contributed by atoms with Crippen LogP contribution in [0.1, 0.15) is 12.0 Å². The molecule has 2 rings (SSSR count). The summed E-state index contributed by atoms with van der Waals surface area (Å²) in [7, 11) is 0. The van der Waals surface area contributed by atoms with Gasteiger partial charge in [-0.1, -0.05) is 0 Å². The minimum absolute atomic E-state index is 0.139. The van der Waals surface area contributed by atoms with E-state index in [2.05, 4.69) is 9.97 Å². The summed E-state index contributed by atoms with van der Waals surface area (Å²) in [5.41, 5.74) is 1.02. The summed E-state index contributed by atoms with van der Waals surface area (Å²) in [6.07, 6.45) is 6.54. The molecule has 0 aromatic carbocycles. The summed E-state index contributed by atoms with van der Waals surface area (Å²) in [5, 5.41) is 8.67. The predicted molar refractivity (Wildman–Crippen MR) is 45.0 cm³/mol. The average molecular weight is 178 g/mol. The molecule has 0 unspecified atom stereocenters. The van der Waals surface area contributed by atoms with E-state index in [4.69, 9.17) is 5.11 Å². The molecule has 1 saturated carbocycles. The Bertz CT molecular complexity index is 313. The zero-order chi connectivity index (χ0) is 9.26. The number of rotatable bonds is 3. The number of carboxylic acid groups (broad SMARTS) is 1. The largest absolute Gasteiger partial charge is 0.481 e. The van der Waals surface area contributed by atoms with E-state index in [0.717, 1.165) is 18.4 Å². The smallest absolute Gasteiger partial charge is 0.306 e. The highest BCUT2D eigenvalue weighted by Gasteiger charge is 2.42. The van der Waals surface area contributed by atoms with Gasteiger partial charge < -0.3 is 5.11 Å². The molecule has 68 valence electrons. The van der Waals surface area contributed by atoms with Gasteiger partial charge in [-0.3, -0.25) is 4.79 Å². The second-order valence-corrected chi connectivity index (χ2v) is 3.39. The van der Waals surface area contributed by atoms with Gasteiger partial charge in [-0.25, -0.2) is 9.97 Å². The van der Waals surface area contributed by atoms with Crippen molar-refractivity contribution in [1.29, 1.82) is 0 Å². The fraction of sp³-hybridized carbons (Fsp3) is 0.444. The van der Waals surface area contributed by atoms with Crippen molar-refractivity contribution in [3.8, 4) is 0 Å². The first-order valence-corrected chi connectivity index (χ1v) is 4.24. The number of aromatic nitrogens is 2. The molecule has 4 nitrogen and oxygen atoms in total. The normalized spacial score (nSPS) is 25.5. The van der Waals surface area contributed by atoms with Crippen LogP contribution in [0.5, 0.6) is 0 Å². The standard InChI is InChI=1S/C9H10N2O2/c12-9(13)8-2-7(8)1-6-3-10-5-11-4-6/h3-5,7-8H,1-2H2,(H,12,13)/t7-,8-/m0/s1. The number of aliphatic carboxylic acids is 1. The maximum atomic E-state index is 10.5. The predicted octanol–water partition coefficient (Wildman–Crippen LogP) is 0.740.